The zero-order valence-electron chi connectivity index (χ0n) is 22.7. The van der Waals surface area contributed by atoms with Crippen molar-refractivity contribution in [3.63, 3.8) is 0 Å². The predicted molar refractivity (Wildman–Crippen MR) is 180 cm³/mol. The molecular weight excluding hydrogens is 583 g/mol. The van der Waals surface area contributed by atoms with Gasteiger partial charge in [-0.2, -0.15) is 15.0 Å². The van der Waals surface area contributed by atoms with E-state index in [9.17, 15) is 0 Å². The van der Waals surface area contributed by atoms with Crippen molar-refractivity contribution in [3.05, 3.63) is 149 Å². The van der Waals surface area contributed by atoms with Crippen LogP contribution in [0.4, 0.5) is 11.9 Å². The van der Waals surface area contributed by atoms with Gasteiger partial charge in [-0.15, -0.1) is 0 Å². The zero-order valence-corrected chi connectivity index (χ0v) is 26.0. The van der Waals surface area contributed by atoms with Gasteiger partial charge in [-0.1, -0.05) is 121 Å². The number of aryl methyl sites for hydroxylation is 1. The number of anilines is 2. The van der Waals surface area contributed by atoms with Gasteiger partial charge in [0.2, 0.25) is 0 Å². The molecule has 0 aliphatic carbocycles. The first-order valence-electron chi connectivity index (χ1n) is 13.2. The van der Waals surface area contributed by atoms with Gasteiger partial charge in [0.15, 0.2) is 0 Å². The molecule has 0 bridgehead atoms. The van der Waals surface area contributed by atoms with E-state index in [0.717, 1.165) is 23.0 Å². The van der Waals surface area contributed by atoms with Crippen molar-refractivity contribution >= 4 is 59.7 Å². The summed E-state index contributed by atoms with van der Waals surface area (Å²) in [6.07, 6.45) is 0. The molecule has 1 aromatic heterocycles. The highest BCUT2D eigenvalue weighted by molar-refractivity contribution is 8.17. The molecule has 5 aromatic rings. The van der Waals surface area contributed by atoms with Gasteiger partial charge >= 0.3 is 0 Å². The topological polar surface area (TPSA) is 45.2 Å². The van der Waals surface area contributed by atoms with E-state index < -0.39 is 0 Å². The summed E-state index contributed by atoms with van der Waals surface area (Å²) in [5.41, 5.74) is 5.03. The number of nitrogens with zero attached hydrogens (tertiary/aromatic N) is 5. The molecule has 0 saturated carbocycles. The molecule has 0 radical (unpaired) electrons. The summed E-state index contributed by atoms with van der Waals surface area (Å²) in [6.45, 7) is 1.94. The first-order valence-corrected chi connectivity index (χ1v) is 17.0. The van der Waals surface area contributed by atoms with E-state index in [0.29, 0.717) is 17.7 Å². The van der Waals surface area contributed by atoms with Crippen LogP contribution in [0.25, 0.3) is 0 Å². The van der Waals surface area contributed by atoms with Crippen LogP contribution in [0.1, 0.15) is 28.1 Å². The Morgan fingerprint density at radius 1 is 0.415 bits per heavy atom. The zero-order chi connectivity index (χ0) is 28.1. The lowest BCUT2D eigenvalue weighted by Crippen LogP contribution is -2.16. The van der Waals surface area contributed by atoms with E-state index in [2.05, 4.69) is 104 Å². The fraction of sp³-hybridized carbons (Fsp3) is 0.156. The lowest BCUT2D eigenvalue weighted by molar-refractivity contribution is 0.981. The van der Waals surface area contributed by atoms with Crippen LogP contribution in [0.2, 0.25) is 0 Å². The molecule has 0 N–H and O–H groups in total. The third kappa shape index (κ3) is 9.46. The van der Waals surface area contributed by atoms with Crippen LogP contribution in [-0.2, 0) is 23.0 Å². The predicted octanol–water partition coefficient (Wildman–Crippen LogP) is 9.19. The Morgan fingerprint density at radius 3 is 0.951 bits per heavy atom. The number of hydrogen-bond donors (Lipinski definition) is 0. The molecule has 4 aromatic carbocycles. The summed E-state index contributed by atoms with van der Waals surface area (Å²) in [5, 5.41) is 0. The summed E-state index contributed by atoms with van der Waals surface area (Å²) < 4.78 is 4.28. The van der Waals surface area contributed by atoms with Crippen molar-refractivity contribution < 1.29 is 0 Å². The van der Waals surface area contributed by atoms with E-state index in [-0.39, 0.29) is 0 Å². The molecule has 0 aliphatic rings. The van der Waals surface area contributed by atoms with Crippen molar-refractivity contribution in [2.24, 2.45) is 0 Å². The van der Waals surface area contributed by atoms with Gasteiger partial charge in [0.05, 0.1) is 0 Å². The summed E-state index contributed by atoms with van der Waals surface area (Å²) in [7, 11) is 0. The highest BCUT2D eigenvalue weighted by atomic mass is 32.2. The Labute approximate surface area is 260 Å². The first kappa shape index (κ1) is 29.4. The maximum atomic E-state index is 5.03. The van der Waals surface area contributed by atoms with Gasteiger partial charge in [0.25, 0.3) is 11.9 Å². The number of aromatic nitrogens is 3. The first-order chi connectivity index (χ1) is 20.2. The maximum Gasteiger partial charge on any atom is 0.251 e. The smallest absolute Gasteiger partial charge is 0.224 e. The summed E-state index contributed by atoms with van der Waals surface area (Å²) in [6, 6.07) is 42.0. The molecule has 9 heteroatoms. The number of hydrogen-bond acceptors (Lipinski definition) is 9. The summed E-state index contributed by atoms with van der Waals surface area (Å²) in [4.78, 5) is 14.6. The van der Waals surface area contributed by atoms with E-state index in [1.54, 1.807) is 47.8 Å². The minimum Gasteiger partial charge on any atom is -0.224 e. The van der Waals surface area contributed by atoms with Crippen molar-refractivity contribution in [1.82, 2.24) is 15.0 Å². The van der Waals surface area contributed by atoms with E-state index in [4.69, 9.17) is 15.0 Å². The maximum absolute atomic E-state index is 5.03. The highest BCUT2D eigenvalue weighted by Crippen LogP contribution is 2.36. The standard InChI is InChI=1S/C32H31N5S4/c1-26-33-31(36(38-22-27-14-6-2-7-15-27)39-23-28-16-8-3-9-17-28)35-32(34-26)37(40-24-29-18-10-4-11-19-29)41-25-30-20-12-5-13-21-30/h2-21H,22-25H2,1H3. The van der Waals surface area contributed by atoms with Crippen LogP contribution in [0, 0.1) is 6.92 Å². The van der Waals surface area contributed by atoms with Crippen molar-refractivity contribution in [1.29, 1.82) is 0 Å². The van der Waals surface area contributed by atoms with Gasteiger partial charge in [-0.05, 0) is 77.0 Å². The quantitative estimate of drug-likeness (QED) is 0.114. The average Bonchev–Trinajstić information content (AvgIpc) is 3.03. The molecule has 0 saturated heterocycles. The Kier molecular flexibility index (Phi) is 11.3. The molecule has 0 aliphatic heterocycles. The van der Waals surface area contributed by atoms with E-state index in [1.165, 1.54) is 22.3 Å². The summed E-state index contributed by atoms with van der Waals surface area (Å²) >= 11 is 6.83. The third-order valence-electron chi connectivity index (χ3n) is 5.82. The molecule has 0 fully saturated rings. The van der Waals surface area contributed by atoms with Gasteiger partial charge in [0.1, 0.15) is 5.82 Å². The Hall–Kier alpha value is -3.11. The van der Waals surface area contributed by atoms with Crippen molar-refractivity contribution in [2.45, 2.75) is 29.9 Å². The SMILES string of the molecule is Cc1nc(N(SCc2ccccc2)SCc2ccccc2)nc(N(SCc2ccccc2)SCc2ccccc2)n1. The monoisotopic (exact) mass is 613 g/mol. The van der Waals surface area contributed by atoms with Gasteiger partial charge in [-0.3, -0.25) is 0 Å². The molecule has 0 spiro atoms. The van der Waals surface area contributed by atoms with Gasteiger partial charge in [0, 0.05) is 23.0 Å². The molecule has 0 amide bonds. The fourth-order valence-electron chi connectivity index (χ4n) is 3.75. The number of rotatable bonds is 14. The van der Waals surface area contributed by atoms with Crippen LogP contribution >= 0.6 is 47.8 Å². The molecule has 5 rings (SSSR count). The van der Waals surface area contributed by atoms with E-state index in [1.807, 2.05) is 31.2 Å². The molecular formula is C32H31N5S4. The molecule has 41 heavy (non-hydrogen) atoms. The lowest BCUT2D eigenvalue weighted by atomic mass is 10.2. The Balaban J connectivity index is 1.39. The van der Waals surface area contributed by atoms with E-state index >= 15 is 0 Å². The number of benzene rings is 4. The Morgan fingerprint density at radius 2 is 0.683 bits per heavy atom. The molecule has 0 atom stereocenters. The van der Waals surface area contributed by atoms with Crippen LogP contribution in [0.15, 0.2) is 121 Å². The Bertz CT molecular complexity index is 1270. The van der Waals surface area contributed by atoms with Crippen LogP contribution in [-0.4, -0.2) is 15.0 Å². The largest absolute Gasteiger partial charge is 0.251 e. The van der Waals surface area contributed by atoms with Gasteiger partial charge in [-0.25, -0.2) is 7.42 Å². The second-order valence-corrected chi connectivity index (χ2v) is 13.1. The van der Waals surface area contributed by atoms with Crippen molar-refractivity contribution in [3.8, 4) is 0 Å². The fourth-order valence-corrected chi connectivity index (χ4v) is 7.60. The normalized spacial score (nSPS) is 10.9. The van der Waals surface area contributed by atoms with Crippen LogP contribution in [0.3, 0.4) is 0 Å². The average molecular weight is 614 g/mol. The molecule has 1 heterocycles. The van der Waals surface area contributed by atoms with Gasteiger partial charge < -0.3 is 0 Å². The molecule has 0 unspecified atom stereocenters. The second kappa shape index (κ2) is 15.8. The van der Waals surface area contributed by atoms with Crippen molar-refractivity contribution in [2.75, 3.05) is 7.42 Å². The highest BCUT2D eigenvalue weighted by Gasteiger charge is 2.20. The minimum atomic E-state index is 0.653. The molecule has 208 valence electrons. The molecule has 5 nitrogen and oxygen atoms in total. The van der Waals surface area contributed by atoms with Crippen LogP contribution < -0.4 is 7.42 Å². The minimum absolute atomic E-state index is 0.653. The lowest BCUT2D eigenvalue weighted by Gasteiger charge is -2.24. The van der Waals surface area contributed by atoms with Crippen LogP contribution in [0.5, 0.6) is 0 Å². The second-order valence-electron chi connectivity index (χ2n) is 9.03. The summed E-state index contributed by atoms with van der Waals surface area (Å²) in [5.74, 6) is 5.27. The third-order valence-corrected chi connectivity index (χ3v) is 10.5.